The Labute approximate surface area is 323 Å². The number of allylic oxidation sites excluding steroid dienone is 2. The van der Waals surface area contributed by atoms with Gasteiger partial charge < -0.3 is 25.7 Å². The number of carbonyl (C=O) groups is 1. The van der Waals surface area contributed by atoms with E-state index in [4.69, 9.17) is 0 Å². The molecule has 0 fully saturated rings. The van der Waals surface area contributed by atoms with Crippen LogP contribution >= 0.6 is 0 Å². The Bertz CT molecular complexity index is 746. The molecule has 310 valence electrons. The Balaban J connectivity index is 3.62. The van der Waals surface area contributed by atoms with E-state index in [0.29, 0.717) is 12.8 Å². The van der Waals surface area contributed by atoms with Crippen molar-refractivity contribution in [2.75, 3.05) is 6.61 Å². The molecule has 0 heterocycles. The Morgan fingerprint density at radius 2 is 0.769 bits per heavy atom. The summed E-state index contributed by atoms with van der Waals surface area (Å²) in [6, 6.07) is -0.981. The van der Waals surface area contributed by atoms with Crippen molar-refractivity contribution in [1.29, 1.82) is 0 Å². The number of rotatable bonds is 42. The van der Waals surface area contributed by atoms with Crippen LogP contribution in [-0.4, -0.2) is 57.3 Å². The van der Waals surface area contributed by atoms with Gasteiger partial charge in [0.2, 0.25) is 5.91 Å². The molecular weight excluding hydrogens is 647 g/mol. The minimum atomic E-state index is -1.25. The molecule has 0 aromatic rings. The standard InChI is InChI=1S/C46H91NO5/c1-3-5-7-9-11-13-15-16-17-18-19-20-21-22-23-24-25-26-27-28-29-30-32-34-36-38-40-44(50)46(52)47-42(41-48)45(51)43(49)39-37-35-33-31-14-12-10-8-6-4-2/h22-23,42-45,48-51H,3-21,24-41H2,1-2H3,(H,47,52)/b23-22-. The molecule has 4 unspecified atom stereocenters. The first-order valence-electron chi connectivity index (χ1n) is 23.1. The Hall–Kier alpha value is -0.950. The van der Waals surface area contributed by atoms with Gasteiger partial charge in [-0.05, 0) is 38.5 Å². The summed E-state index contributed by atoms with van der Waals surface area (Å²) in [5, 5.41) is 43.6. The first-order chi connectivity index (χ1) is 25.5. The molecule has 52 heavy (non-hydrogen) atoms. The molecule has 0 bridgehead atoms. The quantitative estimate of drug-likeness (QED) is 0.0316. The van der Waals surface area contributed by atoms with Gasteiger partial charge in [-0.25, -0.2) is 0 Å². The molecule has 0 aromatic heterocycles. The zero-order valence-corrected chi connectivity index (χ0v) is 34.8. The third kappa shape index (κ3) is 34.8. The maximum absolute atomic E-state index is 12.5. The Morgan fingerprint density at radius 1 is 0.462 bits per heavy atom. The van der Waals surface area contributed by atoms with Crippen LogP contribution in [0.3, 0.4) is 0 Å². The maximum Gasteiger partial charge on any atom is 0.249 e. The number of amides is 1. The summed E-state index contributed by atoms with van der Waals surface area (Å²) in [6.07, 6.45) is 45.5. The molecule has 0 spiro atoms. The van der Waals surface area contributed by atoms with E-state index in [-0.39, 0.29) is 0 Å². The molecule has 0 saturated heterocycles. The first-order valence-corrected chi connectivity index (χ1v) is 23.1. The van der Waals surface area contributed by atoms with Crippen molar-refractivity contribution in [2.45, 2.75) is 269 Å². The number of unbranched alkanes of at least 4 members (excludes halogenated alkanes) is 31. The summed E-state index contributed by atoms with van der Waals surface area (Å²) < 4.78 is 0. The van der Waals surface area contributed by atoms with Crippen LogP contribution in [0.1, 0.15) is 245 Å². The fourth-order valence-corrected chi connectivity index (χ4v) is 7.28. The first kappa shape index (κ1) is 51.0. The van der Waals surface area contributed by atoms with E-state index in [2.05, 4.69) is 31.3 Å². The second-order valence-electron chi connectivity index (χ2n) is 16.1. The average Bonchev–Trinajstić information content (AvgIpc) is 3.15. The molecule has 0 aromatic carbocycles. The van der Waals surface area contributed by atoms with Gasteiger partial charge in [-0.2, -0.15) is 0 Å². The predicted molar refractivity (Wildman–Crippen MR) is 224 cm³/mol. The number of nitrogens with one attached hydrogen (secondary N) is 1. The fourth-order valence-electron chi connectivity index (χ4n) is 7.28. The van der Waals surface area contributed by atoms with Crippen LogP contribution < -0.4 is 5.32 Å². The van der Waals surface area contributed by atoms with Crippen LogP contribution in [-0.2, 0) is 4.79 Å². The molecule has 4 atom stereocenters. The van der Waals surface area contributed by atoms with E-state index in [9.17, 15) is 25.2 Å². The normalized spacial score (nSPS) is 14.2. The molecule has 0 aliphatic carbocycles. The lowest BCUT2D eigenvalue weighted by molar-refractivity contribution is -0.132. The van der Waals surface area contributed by atoms with Gasteiger partial charge in [0.1, 0.15) is 12.2 Å². The lowest BCUT2D eigenvalue weighted by Crippen LogP contribution is -2.53. The Kier molecular flexibility index (Phi) is 40.5. The van der Waals surface area contributed by atoms with Crippen molar-refractivity contribution in [3.8, 4) is 0 Å². The molecular formula is C46H91NO5. The third-order valence-corrected chi connectivity index (χ3v) is 11.0. The summed E-state index contributed by atoms with van der Waals surface area (Å²) in [5.41, 5.74) is 0. The van der Waals surface area contributed by atoms with E-state index in [0.717, 1.165) is 38.5 Å². The second-order valence-corrected chi connectivity index (χ2v) is 16.1. The van der Waals surface area contributed by atoms with Crippen molar-refractivity contribution < 1.29 is 25.2 Å². The lowest BCUT2D eigenvalue weighted by atomic mass is 9.99. The number of aliphatic hydroxyl groups is 4. The van der Waals surface area contributed by atoms with Gasteiger partial charge in [0.15, 0.2) is 0 Å². The molecule has 1 amide bonds. The van der Waals surface area contributed by atoms with Gasteiger partial charge in [0.25, 0.3) is 0 Å². The minimum absolute atomic E-state index is 0.370. The van der Waals surface area contributed by atoms with E-state index in [1.165, 1.54) is 180 Å². The van der Waals surface area contributed by atoms with Crippen molar-refractivity contribution in [2.24, 2.45) is 0 Å². The van der Waals surface area contributed by atoms with Crippen molar-refractivity contribution in [1.82, 2.24) is 5.32 Å². The lowest BCUT2D eigenvalue weighted by Gasteiger charge is -2.27. The zero-order valence-electron chi connectivity index (χ0n) is 34.8. The largest absolute Gasteiger partial charge is 0.394 e. The Morgan fingerprint density at radius 3 is 1.12 bits per heavy atom. The van der Waals surface area contributed by atoms with E-state index < -0.39 is 36.9 Å². The number of carbonyl (C=O) groups excluding carboxylic acids is 1. The predicted octanol–water partition coefficient (Wildman–Crippen LogP) is 12.2. The maximum atomic E-state index is 12.5. The van der Waals surface area contributed by atoms with Crippen LogP contribution in [0.5, 0.6) is 0 Å². The van der Waals surface area contributed by atoms with Gasteiger partial charge in [-0.3, -0.25) is 4.79 Å². The van der Waals surface area contributed by atoms with E-state index in [1.807, 2.05) is 0 Å². The molecule has 0 aliphatic rings. The van der Waals surface area contributed by atoms with Gasteiger partial charge in [0.05, 0.1) is 18.8 Å². The van der Waals surface area contributed by atoms with Gasteiger partial charge >= 0.3 is 0 Å². The highest BCUT2D eigenvalue weighted by Gasteiger charge is 2.28. The van der Waals surface area contributed by atoms with Gasteiger partial charge in [0, 0.05) is 0 Å². The van der Waals surface area contributed by atoms with E-state index >= 15 is 0 Å². The molecule has 6 nitrogen and oxygen atoms in total. The highest BCUT2D eigenvalue weighted by molar-refractivity contribution is 5.80. The number of hydrogen-bond donors (Lipinski definition) is 5. The summed E-state index contributed by atoms with van der Waals surface area (Å²) in [7, 11) is 0. The zero-order chi connectivity index (χ0) is 38.2. The van der Waals surface area contributed by atoms with Crippen LogP contribution in [0.15, 0.2) is 12.2 Å². The molecule has 5 N–H and O–H groups in total. The average molecular weight is 738 g/mol. The highest BCUT2D eigenvalue weighted by Crippen LogP contribution is 2.17. The van der Waals surface area contributed by atoms with Crippen molar-refractivity contribution in [3.63, 3.8) is 0 Å². The van der Waals surface area contributed by atoms with Crippen LogP contribution in [0.4, 0.5) is 0 Å². The summed E-state index contributed by atoms with van der Waals surface area (Å²) >= 11 is 0. The van der Waals surface area contributed by atoms with Gasteiger partial charge in [-0.15, -0.1) is 0 Å². The van der Waals surface area contributed by atoms with Crippen LogP contribution in [0.25, 0.3) is 0 Å². The van der Waals surface area contributed by atoms with Gasteiger partial charge in [-0.1, -0.05) is 219 Å². The molecule has 0 aliphatic heterocycles. The second kappa shape index (κ2) is 41.2. The summed E-state index contributed by atoms with van der Waals surface area (Å²) in [5.74, 6) is -0.584. The monoisotopic (exact) mass is 738 g/mol. The molecule has 6 heteroatoms. The number of aliphatic hydroxyl groups excluding tert-OH is 4. The molecule has 0 rings (SSSR count). The minimum Gasteiger partial charge on any atom is -0.394 e. The molecule has 0 radical (unpaired) electrons. The third-order valence-electron chi connectivity index (χ3n) is 11.0. The summed E-state index contributed by atoms with van der Waals surface area (Å²) in [6.45, 7) is 4.04. The van der Waals surface area contributed by atoms with E-state index in [1.54, 1.807) is 0 Å². The molecule has 0 saturated carbocycles. The SMILES string of the molecule is CCCCCCCCCCCCCC/C=C\CCCCCCCCCCCCC(O)C(=O)NC(CO)C(O)C(O)CCCCCCCCCCCC. The highest BCUT2D eigenvalue weighted by atomic mass is 16.3. The van der Waals surface area contributed by atoms with Crippen molar-refractivity contribution in [3.05, 3.63) is 12.2 Å². The topological polar surface area (TPSA) is 110 Å². The number of hydrogen-bond acceptors (Lipinski definition) is 5. The van der Waals surface area contributed by atoms with Crippen molar-refractivity contribution >= 4 is 5.91 Å². The fraction of sp³-hybridized carbons (Fsp3) is 0.935. The van der Waals surface area contributed by atoms with Crippen LogP contribution in [0, 0.1) is 0 Å². The summed E-state index contributed by atoms with van der Waals surface area (Å²) in [4.78, 5) is 12.5. The van der Waals surface area contributed by atoms with Crippen LogP contribution in [0.2, 0.25) is 0 Å². The smallest absolute Gasteiger partial charge is 0.249 e.